The van der Waals surface area contributed by atoms with Crippen molar-refractivity contribution in [2.75, 3.05) is 7.11 Å². The molecule has 0 spiro atoms. The fourth-order valence-electron chi connectivity index (χ4n) is 4.03. The van der Waals surface area contributed by atoms with E-state index in [0.717, 1.165) is 11.1 Å². The van der Waals surface area contributed by atoms with Crippen molar-refractivity contribution in [2.24, 2.45) is 0 Å². The average Bonchev–Trinajstić information content (AvgIpc) is 3.16. The SMILES string of the molecule is COP(=O)(c1cc(C)cc(C)c1)c1c(C(=O)NCc2c(F)c[n+](O)cc2F)[nH]c2ccc(Cl)cc12. The molecule has 0 aliphatic carbocycles. The molecule has 0 aliphatic heterocycles. The van der Waals surface area contributed by atoms with Gasteiger partial charge in [-0.25, -0.2) is 0 Å². The largest absolute Gasteiger partial charge is 0.350 e. The number of fused-ring (bicyclic) bond motifs is 1. The van der Waals surface area contributed by atoms with E-state index in [0.29, 0.717) is 33.6 Å². The third-order valence-corrected chi connectivity index (χ3v) is 8.29. The Hall–Kier alpha value is -3.26. The summed E-state index contributed by atoms with van der Waals surface area (Å²) in [5.74, 6) is -2.85. The molecule has 1 amide bonds. The smallest absolute Gasteiger partial charge is 0.268 e. The first-order valence-electron chi connectivity index (χ1n) is 10.5. The molecule has 0 fully saturated rings. The average molecular weight is 521 g/mol. The maximum atomic E-state index is 14.4. The van der Waals surface area contributed by atoms with Gasteiger partial charge < -0.3 is 14.8 Å². The van der Waals surface area contributed by atoms with Gasteiger partial charge in [0.1, 0.15) is 5.69 Å². The van der Waals surface area contributed by atoms with Gasteiger partial charge in [-0.2, -0.15) is 8.78 Å². The molecule has 0 bridgehead atoms. The summed E-state index contributed by atoms with van der Waals surface area (Å²) in [7, 11) is -2.53. The van der Waals surface area contributed by atoms with Gasteiger partial charge in [0.15, 0.2) is 11.6 Å². The van der Waals surface area contributed by atoms with E-state index in [2.05, 4.69) is 10.3 Å². The third-order valence-electron chi connectivity index (χ3n) is 5.55. The topological polar surface area (TPSA) is 95.3 Å². The highest BCUT2D eigenvalue weighted by Gasteiger charge is 2.36. The number of halogens is 3. The van der Waals surface area contributed by atoms with E-state index in [9.17, 15) is 23.3 Å². The van der Waals surface area contributed by atoms with Crippen LogP contribution < -0.4 is 20.7 Å². The summed E-state index contributed by atoms with van der Waals surface area (Å²) in [4.78, 5) is 16.2. The molecular weight excluding hydrogens is 499 g/mol. The lowest BCUT2D eigenvalue weighted by atomic mass is 10.2. The van der Waals surface area contributed by atoms with Crippen LogP contribution in [0.25, 0.3) is 10.9 Å². The van der Waals surface area contributed by atoms with Gasteiger partial charge in [-0.1, -0.05) is 28.8 Å². The lowest BCUT2D eigenvalue weighted by Crippen LogP contribution is -2.33. The molecule has 2 heterocycles. The molecule has 0 aliphatic rings. The van der Waals surface area contributed by atoms with Crippen LogP contribution in [0.4, 0.5) is 8.78 Å². The summed E-state index contributed by atoms with van der Waals surface area (Å²) in [5.41, 5.74) is 1.67. The van der Waals surface area contributed by atoms with Crippen molar-refractivity contribution in [3.63, 3.8) is 0 Å². The van der Waals surface area contributed by atoms with Crippen LogP contribution in [0.5, 0.6) is 0 Å². The van der Waals surface area contributed by atoms with Crippen LogP contribution >= 0.6 is 19.0 Å². The Morgan fingerprint density at radius 2 is 1.77 bits per heavy atom. The second-order valence-electron chi connectivity index (χ2n) is 8.11. The highest BCUT2D eigenvalue weighted by atomic mass is 35.5. The summed E-state index contributed by atoms with van der Waals surface area (Å²) in [6, 6.07) is 10.2. The van der Waals surface area contributed by atoms with E-state index in [-0.39, 0.29) is 15.7 Å². The minimum Gasteiger partial charge on any atom is -0.350 e. The van der Waals surface area contributed by atoms with E-state index < -0.39 is 37.0 Å². The Bertz CT molecular complexity index is 1480. The number of pyridine rings is 1. The van der Waals surface area contributed by atoms with Gasteiger partial charge >= 0.3 is 0 Å². The molecule has 11 heteroatoms. The number of aryl methyl sites for hydroxylation is 2. The fraction of sp³-hybridized carbons (Fsp3) is 0.167. The zero-order valence-electron chi connectivity index (χ0n) is 19.0. The monoisotopic (exact) mass is 520 g/mol. The number of hydrogen-bond acceptors (Lipinski definition) is 4. The molecule has 1 unspecified atom stereocenters. The van der Waals surface area contributed by atoms with Gasteiger partial charge in [-0.15, -0.1) is 0 Å². The molecule has 35 heavy (non-hydrogen) atoms. The highest BCUT2D eigenvalue weighted by Crippen LogP contribution is 2.47. The Morgan fingerprint density at radius 3 is 2.37 bits per heavy atom. The first-order chi connectivity index (χ1) is 16.5. The van der Waals surface area contributed by atoms with Crippen LogP contribution in [0.2, 0.25) is 5.02 Å². The van der Waals surface area contributed by atoms with Crippen molar-refractivity contribution in [3.05, 3.63) is 87.8 Å². The predicted molar refractivity (Wildman–Crippen MR) is 128 cm³/mol. The number of nitrogens with one attached hydrogen (secondary N) is 2. The number of H-pyrrole nitrogens is 1. The number of nitrogens with zero attached hydrogens (tertiary/aromatic N) is 1. The van der Waals surface area contributed by atoms with Crippen molar-refractivity contribution in [3.8, 4) is 0 Å². The Kier molecular flexibility index (Phi) is 6.68. The summed E-state index contributed by atoms with van der Waals surface area (Å²) >= 11 is 6.21. The molecule has 4 rings (SSSR count). The summed E-state index contributed by atoms with van der Waals surface area (Å²) < 4.78 is 48.5. The maximum Gasteiger partial charge on any atom is 0.268 e. The van der Waals surface area contributed by atoms with Gasteiger partial charge in [-0.3, -0.25) is 14.6 Å². The number of rotatable bonds is 6. The molecule has 4 aromatic rings. The maximum absolute atomic E-state index is 14.4. The molecule has 0 saturated carbocycles. The van der Waals surface area contributed by atoms with Gasteiger partial charge in [-0.05, 0) is 44.2 Å². The van der Waals surface area contributed by atoms with Crippen molar-refractivity contribution in [1.29, 1.82) is 0 Å². The van der Waals surface area contributed by atoms with E-state index in [1.807, 2.05) is 19.9 Å². The summed E-state index contributed by atoms with van der Waals surface area (Å²) in [6.07, 6.45) is 1.33. The quantitative estimate of drug-likeness (QED) is 0.203. The van der Waals surface area contributed by atoms with E-state index >= 15 is 0 Å². The molecule has 7 nitrogen and oxygen atoms in total. The number of amides is 1. The first kappa shape index (κ1) is 24.9. The number of carbonyl (C=O) groups excluding carboxylic acids is 1. The first-order valence-corrected chi connectivity index (χ1v) is 12.5. The van der Waals surface area contributed by atoms with Crippen LogP contribution in [0.15, 0.2) is 48.8 Å². The lowest BCUT2D eigenvalue weighted by Gasteiger charge is -2.19. The van der Waals surface area contributed by atoms with Crippen LogP contribution in [-0.4, -0.2) is 23.2 Å². The van der Waals surface area contributed by atoms with Crippen molar-refractivity contribution in [2.45, 2.75) is 20.4 Å². The molecule has 1 atom stereocenters. The van der Waals surface area contributed by atoms with Crippen LogP contribution in [0, 0.1) is 25.5 Å². The standard InChI is InChI=1S/C24H21ClF2N3O4P/c1-13-6-14(2)8-16(7-13)35(33,34-3)23-17-9-15(25)4-5-21(17)29-22(23)24(31)28-10-18-19(26)11-30(32)12-20(18)27/h4-9,11-12H,10H2,1-3H3,(H2-,28,29,31,32,33)/p+1. The van der Waals surface area contributed by atoms with Gasteiger partial charge in [0.25, 0.3) is 25.7 Å². The van der Waals surface area contributed by atoms with Gasteiger partial charge in [0.2, 0.25) is 0 Å². The zero-order chi connectivity index (χ0) is 25.5. The molecular formula is C24H22ClF2N3O4P+. The van der Waals surface area contributed by atoms with Crippen molar-refractivity contribution in [1.82, 2.24) is 10.3 Å². The summed E-state index contributed by atoms with van der Waals surface area (Å²) in [6.45, 7) is 3.19. The highest BCUT2D eigenvalue weighted by molar-refractivity contribution is 7.75. The Labute approximate surface area is 204 Å². The predicted octanol–water partition coefficient (Wildman–Crippen LogP) is 4.05. The normalized spacial score (nSPS) is 13.1. The van der Waals surface area contributed by atoms with E-state index in [1.54, 1.807) is 30.3 Å². The van der Waals surface area contributed by atoms with Crippen molar-refractivity contribution < 1.29 is 32.6 Å². The van der Waals surface area contributed by atoms with Crippen LogP contribution in [0.1, 0.15) is 27.2 Å². The lowest BCUT2D eigenvalue weighted by molar-refractivity contribution is -0.906. The van der Waals surface area contributed by atoms with E-state index in [4.69, 9.17) is 16.1 Å². The number of benzene rings is 2. The minimum atomic E-state index is -3.82. The second kappa shape index (κ2) is 9.41. The van der Waals surface area contributed by atoms with Crippen LogP contribution in [-0.2, 0) is 15.6 Å². The molecule has 2 aromatic heterocycles. The Morgan fingerprint density at radius 1 is 1.14 bits per heavy atom. The number of carbonyl (C=O) groups is 1. The number of aromatic nitrogens is 2. The zero-order valence-corrected chi connectivity index (χ0v) is 20.7. The van der Waals surface area contributed by atoms with Crippen molar-refractivity contribution >= 4 is 46.4 Å². The molecule has 3 N–H and O–H groups in total. The van der Waals surface area contributed by atoms with Gasteiger partial charge in [0, 0.05) is 39.6 Å². The molecule has 0 saturated heterocycles. The molecule has 182 valence electrons. The summed E-state index contributed by atoms with van der Waals surface area (Å²) in [5, 5.41) is 13.0. The number of aromatic amines is 1. The third kappa shape index (κ3) is 4.67. The minimum absolute atomic E-state index is 0.0828. The Balaban J connectivity index is 1.85. The number of hydrogen-bond donors (Lipinski definition) is 3. The molecule has 0 radical (unpaired) electrons. The van der Waals surface area contributed by atoms with E-state index in [1.165, 1.54) is 7.11 Å². The molecule has 2 aromatic carbocycles. The van der Waals surface area contributed by atoms with Crippen LogP contribution in [0.3, 0.4) is 0 Å². The second-order valence-corrected chi connectivity index (χ2v) is 11.0. The fourth-order valence-corrected chi connectivity index (χ4v) is 6.56. The van der Waals surface area contributed by atoms with Gasteiger partial charge in [0.05, 0.1) is 10.9 Å².